The third-order valence-corrected chi connectivity index (χ3v) is 3.72. The Bertz CT molecular complexity index is 1010. The molecule has 3 N–H and O–H groups in total. The van der Waals surface area contributed by atoms with E-state index in [2.05, 4.69) is 4.98 Å². The molecule has 0 saturated heterocycles. The summed E-state index contributed by atoms with van der Waals surface area (Å²) in [6.07, 6.45) is -0.0903. The average Bonchev–Trinajstić information content (AvgIpc) is 2.51. The summed E-state index contributed by atoms with van der Waals surface area (Å²) in [6.45, 7) is 1.80. The number of halogens is 1. The van der Waals surface area contributed by atoms with Crippen LogP contribution in [-0.2, 0) is 0 Å². The van der Waals surface area contributed by atoms with Crippen molar-refractivity contribution >= 4 is 29.1 Å². The van der Waals surface area contributed by atoms with Crippen LogP contribution in [0, 0.1) is 6.92 Å². The topological polar surface area (TPSA) is 107 Å². The van der Waals surface area contributed by atoms with Crippen LogP contribution in [0.5, 0.6) is 5.75 Å². The fourth-order valence-corrected chi connectivity index (χ4v) is 2.64. The summed E-state index contributed by atoms with van der Waals surface area (Å²) in [5.41, 5.74) is 6.87. The molecule has 0 fully saturated rings. The number of rotatable bonds is 2. The normalized spacial score (nSPS) is 10.8. The minimum Gasteiger partial charge on any atom is -0.449 e. The van der Waals surface area contributed by atoms with E-state index in [1.807, 2.05) is 0 Å². The van der Waals surface area contributed by atoms with E-state index in [0.717, 1.165) is 5.56 Å². The van der Waals surface area contributed by atoms with Crippen LogP contribution in [0.3, 0.4) is 0 Å². The second kappa shape index (κ2) is 5.86. The molecule has 0 unspecified atom stereocenters. The molecule has 0 aliphatic rings. The van der Waals surface area contributed by atoms with E-state index in [0.29, 0.717) is 5.65 Å². The number of aryl methyl sites for hydroxylation is 1. The van der Waals surface area contributed by atoms with Crippen molar-refractivity contribution in [1.29, 1.82) is 0 Å². The number of benzene rings is 1. The summed E-state index contributed by atoms with van der Waals surface area (Å²) < 4.78 is 5.91. The van der Waals surface area contributed by atoms with Gasteiger partial charge in [-0.1, -0.05) is 23.7 Å². The first-order valence-corrected chi connectivity index (χ1v) is 7.24. The Kier molecular flexibility index (Phi) is 3.86. The third kappa shape index (κ3) is 2.65. The maximum Gasteiger partial charge on any atom is 0.511 e. The Hall–Kier alpha value is -3.06. The van der Waals surface area contributed by atoms with E-state index < -0.39 is 17.5 Å². The molecular formula is C16H12ClN3O4. The van der Waals surface area contributed by atoms with Gasteiger partial charge in [-0.05, 0) is 30.7 Å². The SMILES string of the molecule is Cc1ccc2nc(-c3c(N)cccc3Cl)c(OC(=O)O)c(=O)n2c1. The highest BCUT2D eigenvalue weighted by molar-refractivity contribution is 6.34. The highest BCUT2D eigenvalue weighted by Crippen LogP contribution is 2.36. The number of hydrogen-bond acceptors (Lipinski definition) is 5. The van der Waals surface area contributed by atoms with Gasteiger partial charge in [0.15, 0.2) is 0 Å². The van der Waals surface area contributed by atoms with Gasteiger partial charge in [-0.2, -0.15) is 0 Å². The molecule has 0 spiro atoms. The van der Waals surface area contributed by atoms with Crippen molar-refractivity contribution in [2.45, 2.75) is 6.92 Å². The second-order valence-corrected chi connectivity index (χ2v) is 5.51. The molecule has 0 saturated carbocycles. The van der Waals surface area contributed by atoms with Gasteiger partial charge >= 0.3 is 11.7 Å². The van der Waals surface area contributed by atoms with Crippen LogP contribution in [0.1, 0.15) is 5.56 Å². The molecule has 3 aromatic rings. The lowest BCUT2D eigenvalue weighted by Crippen LogP contribution is -2.21. The number of pyridine rings is 1. The molecule has 0 bridgehead atoms. The number of aromatic nitrogens is 2. The van der Waals surface area contributed by atoms with Crippen LogP contribution in [0.25, 0.3) is 16.9 Å². The molecule has 0 aliphatic carbocycles. The van der Waals surface area contributed by atoms with Crippen LogP contribution in [0.15, 0.2) is 41.3 Å². The Morgan fingerprint density at radius 3 is 2.75 bits per heavy atom. The Morgan fingerprint density at radius 1 is 1.33 bits per heavy atom. The summed E-state index contributed by atoms with van der Waals surface area (Å²) in [4.78, 5) is 28.0. The monoisotopic (exact) mass is 345 g/mol. The fourth-order valence-electron chi connectivity index (χ4n) is 2.37. The largest absolute Gasteiger partial charge is 0.511 e. The summed E-state index contributed by atoms with van der Waals surface area (Å²) in [6, 6.07) is 8.19. The quantitative estimate of drug-likeness (QED) is 0.546. The summed E-state index contributed by atoms with van der Waals surface area (Å²) in [7, 11) is 0. The van der Waals surface area contributed by atoms with Crippen molar-refractivity contribution in [3.63, 3.8) is 0 Å². The first-order chi connectivity index (χ1) is 11.4. The van der Waals surface area contributed by atoms with Gasteiger partial charge in [-0.25, -0.2) is 9.78 Å². The first kappa shape index (κ1) is 15.8. The van der Waals surface area contributed by atoms with E-state index in [1.165, 1.54) is 4.40 Å². The van der Waals surface area contributed by atoms with Gasteiger partial charge in [0.2, 0.25) is 5.75 Å². The van der Waals surface area contributed by atoms with Gasteiger partial charge in [-0.3, -0.25) is 9.20 Å². The molecule has 0 aliphatic heterocycles. The van der Waals surface area contributed by atoms with Crippen LogP contribution >= 0.6 is 11.6 Å². The number of fused-ring (bicyclic) bond motifs is 1. The van der Waals surface area contributed by atoms with Crippen molar-refractivity contribution in [3.05, 3.63) is 57.5 Å². The van der Waals surface area contributed by atoms with E-state index in [9.17, 15) is 9.59 Å². The van der Waals surface area contributed by atoms with Crippen LogP contribution in [0.4, 0.5) is 10.5 Å². The molecule has 122 valence electrons. The summed E-state index contributed by atoms with van der Waals surface area (Å²) >= 11 is 6.17. The predicted molar refractivity (Wildman–Crippen MR) is 89.7 cm³/mol. The van der Waals surface area contributed by atoms with Crippen LogP contribution in [-0.4, -0.2) is 20.6 Å². The molecule has 2 aromatic heterocycles. The molecule has 7 nitrogen and oxygen atoms in total. The van der Waals surface area contributed by atoms with Crippen molar-refractivity contribution in [2.75, 3.05) is 5.73 Å². The fraction of sp³-hybridized carbons (Fsp3) is 0.0625. The van der Waals surface area contributed by atoms with Gasteiger partial charge in [-0.15, -0.1) is 0 Å². The van der Waals surface area contributed by atoms with Crippen molar-refractivity contribution in [2.24, 2.45) is 0 Å². The predicted octanol–water partition coefficient (Wildman–Crippen LogP) is 2.96. The summed E-state index contributed by atoms with van der Waals surface area (Å²) in [5.74, 6) is -0.453. The van der Waals surface area contributed by atoms with Gasteiger partial charge < -0.3 is 15.6 Å². The smallest absolute Gasteiger partial charge is 0.449 e. The number of hydrogen-bond donors (Lipinski definition) is 2. The lowest BCUT2D eigenvalue weighted by Gasteiger charge is -2.13. The number of nitrogens with two attached hydrogens (primary N) is 1. The highest BCUT2D eigenvalue weighted by atomic mass is 35.5. The standard InChI is InChI=1S/C16H12ClN3O4/c1-8-5-6-11-19-13(12-9(17)3-2-4-10(12)18)14(24-16(22)23)15(21)20(11)7-8/h2-7H,18H2,1H3,(H,22,23). The van der Waals surface area contributed by atoms with E-state index in [4.69, 9.17) is 27.2 Å². The molecule has 3 rings (SSSR count). The number of nitrogens with zero attached hydrogens (tertiary/aromatic N) is 2. The van der Waals surface area contributed by atoms with Gasteiger partial charge in [0.05, 0.1) is 5.02 Å². The number of anilines is 1. The maximum atomic E-state index is 12.7. The zero-order chi connectivity index (χ0) is 17.4. The van der Waals surface area contributed by atoms with E-state index in [-0.39, 0.29) is 22.0 Å². The molecule has 2 heterocycles. The van der Waals surface area contributed by atoms with Crippen molar-refractivity contribution in [1.82, 2.24) is 9.38 Å². The molecule has 24 heavy (non-hydrogen) atoms. The molecule has 1 aromatic carbocycles. The minimum atomic E-state index is -1.63. The number of carboxylic acid groups (broad SMARTS) is 1. The Morgan fingerprint density at radius 2 is 2.08 bits per heavy atom. The molecule has 8 heteroatoms. The lowest BCUT2D eigenvalue weighted by molar-refractivity contribution is 0.144. The molecular weight excluding hydrogens is 334 g/mol. The van der Waals surface area contributed by atoms with Crippen molar-refractivity contribution < 1.29 is 14.6 Å². The maximum absolute atomic E-state index is 12.7. The van der Waals surface area contributed by atoms with Crippen LogP contribution in [0.2, 0.25) is 5.02 Å². The van der Waals surface area contributed by atoms with Crippen molar-refractivity contribution in [3.8, 4) is 17.0 Å². The average molecular weight is 346 g/mol. The van der Waals surface area contributed by atoms with E-state index in [1.54, 1.807) is 43.5 Å². The minimum absolute atomic E-state index is 0.0191. The zero-order valence-electron chi connectivity index (χ0n) is 12.5. The number of ether oxygens (including phenoxy) is 1. The first-order valence-electron chi connectivity index (χ1n) is 6.86. The van der Waals surface area contributed by atoms with E-state index >= 15 is 0 Å². The molecule has 0 radical (unpaired) electrons. The zero-order valence-corrected chi connectivity index (χ0v) is 13.2. The second-order valence-electron chi connectivity index (χ2n) is 5.10. The highest BCUT2D eigenvalue weighted by Gasteiger charge is 2.22. The lowest BCUT2D eigenvalue weighted by atomic mass is 10.1. The van der Waals surface area contributed by atoms with Gasteiger partial charge in [0.1, 0.15) is 11.3 Å². The number of carbonyl (C=O) groups is 1. The van der Waals surface area contributed by atoms with Gasteiger partial charge in [0, 0.05) is 17.4 Å². The van der Waals surface area contributed by atoms with Crippen LogP contribution < -0.4 is 16.0 Å². The summed E-state index contributed by atoms with van der Waals surface area (Å²) in [5, 5.41) is 9.20. The third-order valence-electron chi connectivity index (χ3n) is 3.40. The van der Waals surface area contributed by atoms with Gasteiger partial charge in [0.25, 0.3) is 0 Å². The Labute approximate surface area is 140 Å². The molecule has 0 amide bonds. The Balaban J connectivity index is 2.44. The molecule has 0 atom stereocenters. The number of nitrogen functional groups attached to an aromatic ring is 1.